The van der Waals surface area contributed by atoms with Gasteiger partial charge in [0.15, 0.2) is 0 Å². The summed E-state index contributed by atoms with van der Waals surface area (Å²) in [7, 11) is 0. The van der Waals surface area contributed by atoms with Crippen molar-refractivity contribution in [2.24, 2.45) is 0 Å². The number of hydrogen-bond donors (Lipinski definition) is 1. The van der Waals surface area contributed by atoms with E-state index in [-0.39, 0.29) is 0 Å². The molecule has 0 bridgehead atoms. The van der Waals surface area contributed by atoms with Gasteiger partial charge in [0.2, 0.25) is 0 Å². The van der Waals surface area contributed by atoms with Crippen LogP contribution in [0.2, 0.25) is 0 Å². The third kappa shape index (κ3) is 4.66. The Morgan fingerprint density at radius 1 is 0.920 bits per heavy atom. The van der Waals surface area contributed by atoms with E-state index in [0.717, 1.165) is 30.5 Å². The minimum absolute atomic E-state index is 0.756. The van der Waals surface area contributed by atoms with E-state index in [9.17, 15) is 5.11 Å². The predicted molar refractivity (Wildman–Crippen MR) is 107 cm³/mol. The first-order chi connectivity index (χ1) is 12.2. The zero-order chi connectivity index (χ0) is 17.5. The molecular weight excluding hydrogens is 326 g/mol. The Bertz CT molecular complexity index is 637. The largest absolute Gasteiger partial charge is 0.380 e. The lowest BCUT2D eigenvalue weighted by Gasteiger charge is -2.32. The SMILES string of the molecule is CSc1ccc(C(O)(CCCN2CCCCC2)c2ccccc2)cc1. The Kier molecular flexibility index (Phi) is 6.57. The molecule has 3 heteroatoms. The molecule has 134 valence electrons. The molecule has 0 aliphatic carbocycles. The van der Waals surface area contributed by atoms with Crippen LogP contribution in [0.4, 0.5) is 0 Å². The second-order valence-electron chi connectivity index (χ2n) is 6.96. The number of benzene rings is 2. The highest BCUT2D eigenvalue weighted by atomic mass is 32.2. The van der Waals surface area contributed by atoms with Gasteiger partial charge in [0.1, 0.15) is 5.60 Å². The first-order valence-corrected chi connectivity index (χ1v) is 10.6. The Labute approximate surface area is 156 Å². The molecule has 3 rings (SSSR count). The molecule has 1 atom stereocenters. The maximum atomic E-state index is 11.6. The van der Waals surface area contributed by atoms with Gasteiger partial charge < -0.3 is 10.0 Å². The average molecular weight is 356 g/mol. The summed E-state index contributed by atoms with van der Waals surface area (Å²) in [5.74, 6) is 0. The lowest BCUT2D eigenvalue weighted by atomic mass is 9.82. The van der Waals surface area contributed by atoms with Gasteiger partial charge in [0, 0.05) is 4.90 Å². The number of thioether (sulfide) groups is 1. The monoisotopic (exact) mass is 355 g/mol. The standard InChI is InChI=1S/C22H29NOS/c1-25-21-13-11-20(12-14-21)22(24,19-9-4-2-5-10-19)15-8-18-23-16-6-3-7-17-23/h2,4-5,9-14,24H,3,6-8,15-18H2,1H3. The highest BCUT2D eigenvalue weighted by Gasteiger charge is 2.31. The Morgan fingerprint density at radius 3 is 2.20 bits per heavy atom. The van der Waals surface area contributed by atoms with Gasteiger partial charge in [-0.05, 0) is 74.8 Å². The molecule has 1 heterocycles. The van der Waals surface area contributed by atoms with Crippen molar-refractivity contribution in [1.29, 1.82) is 0 Å². The van der Waals surface area contributed by atoms with Gasteiger partial charge in [-0.2, -0.15) is 0 Å². The second-order valence-corrected chi connectivity index (χ2v) is 7.84. The van der Waals surface area contributed by atoms with E-state index in [2.05, 4.69) is 35.4 Å². The van der Waals surface area contributed by atoms with Crippen molar-refractivity contribution in [3.05, 3.63) is 65.7 Å². The van der Waals surface area contributed by atoms with E-state index >= 15 is 0 Å². The number of hydrogen-bond acceptors (Lipinski definition) is 3. The van der Waals surface area contributed by atoms with Crippen LogP contribution < -0.4 is 0 Å². The molecule has 25 heavy (non-hydrogen) atoms. The van der Waals surface area contributed by atoms with Crippen molar-refractivity contribution in [1.82, 2.24) is 4.90 Å². The molecule has 1 unspecified atom stereocenters. The summed E-state index contributed by atoms with van der Waals surface area (Å²) < 4.78 is 0. The number of nitrogens with zero attached hydrogens (tertiary/aromatic N) is 1. The normalized spacial score (nSPS) is 18.0. The Morgan fingerprint density at radius 2 is 1.56 bits per heavy atom. The average Bonchev–Trinajstić information content (AvgIpc) is 2.69. The summed E-state index contributed by atoms with van der Waals surface area (Å²) in [6.45, 7) is 3.51. The molecule has 0 aromatic heterocycles. The van der Waals surface area contributed by atoms with Gasteiger partial charge in [0.05, 0.1) is 0 Å². The van der Waals surface area contributed by atoms with Crippen LogP contribution in [0.15, 0.2) is 59.5 Å². The second kappa shape index (κ2) is 8.88. The maximum Gasteiger partial charge on any atom is 0.115 e. The van der Waals surface area contributed by atoms with E-state index in [1.54, 1.807) is 11.8 Å². The third-order valence-electron chi connectivity index (χ3n) is 5.28. The quantitative estimate of drug-likeness (QED) is 0.714. The van der Waals surface area contributed by atoms with E-state index in [1.807, 2.05) is 30.3 Å². The number of aliphatic hydroxyl groups is 1. The van der Waals surface area contributed by atoms with Gasteiger partial charge in [-0.15, -0.1) is 11.8 Å². The molecule has 2 nitrogen and oxygen atoms in total. The van der Waals surface area contributed by atoms with Crippen molar-refractivity contribution in [2.75, 3.05) is 25.9 Å². The molecule has 0 spiro atoms. The van der Waals surface area contributed by atoms with E-state index in [4.69, 9.17) is 0 Å². The summed E-state index contributed by atoms with van der Waals surface area (Å²) in [4.78, 5) is 3.78. The molecule has 0 radical (unpaired) electrons. The Balaban J connectivity index is 1.76. The van der Waals surface area contributed by atoms with Gasteiger partial charge in [0.25, 0.3) is 0 Å². The smallest absolute Gasteiger partial charge is 0.115 e. The highest BCUT2D eigenvalue weighted by molar-refractivity contribution is 7.98. The van der Waals surface area contributed by atoms with Crippen LogP contribution >= 0.6 is 11.8 Å². The first-order valence-electron chi connectivity index (χ1n) is 9.37. The fourth-order valence-corrected chi connectivity index (χ4v) is 4.19. The first kappa shape index (κ1) is 18.5. The lowest BCUT2D eigenvalue weighted by Crippen LogP contribution is -2.33. The van der Waals surface area contributed by atoms with Crippen molar-refractivity contribution in [2.45, 2.75) is 42.6 Å². The number of piperidine rings is 1. The highest BCUT2D eigenvalue weighted by Crippen LogP contribution is 2.35. The molecular formula is C22H29NOS. The molecule has 1 aliphatic heterocycles. The van der Waals surface area contributed by atoms with Crippen molar-refractivity contribution < 1.29 is 5.11 Å². The molecule has 2 aromatic rings. The van der Waals surface area contributed by atoms with Crippen molar-refractivity contribution in [3.63, 3.8) is 0 Å². The maximum absolute atomic E-state index is 11.6. The van der Waals surface area contributed by atoms with Crippen LogP contribution in [0.3, 0.4) is 0 Å². The van der Waals surface area contributed by atoms with Crippen LogP contribution in [0.5, 0.6) is 0 Å². The molecule has 0 saturated carbocycles. The zero-order valence-corrected chi connectivity index (χ0v) is 16.0. The Hall–Kier alpha value is -1.29. The van der Waals surface area contributed by atoms with E-state index in [0.29, 0.717) is 0 Å². The zero-order valence-electron chi connectivity index (χ0n) is 15.2. The summed E-state index contributed by atoms with van der Waals surface area (Å²) in [5.41, 5.74) is 1.08. The van der Waals surface area contributed by atoms with Gasteiger partial charge >= 0.3 is 0 Å². The van der Waals surface area contributed by atoms with Crippen LogP contribution in [0, 0.1) is 0 Å². The van der Waals surface area contributed by atoms with Crippen LogP contribution in [0.25, 0.3) is 0 Å². The van der Waals surface area contributed by atoms with Crippen LogP contribution in [-0.2, 0) is 5.60 Å². The minimum Gasteiger partial charge on any atom is -0.380 e. The summed E-state index contributed by atoms with van der Waals surface area (Å²) >= 11 is 1.73. The van der Waals surface area contributed by atoms with Gasteiger partial charge in [-0.25, -0.2) is 0 Å². The minimum atomic E-state index is -0.909. The summed E-state index contributed by atoms with van der Waals surface area (Å²) in [5, 5.41) is 11.6. The molecule has 2 aromatic carbocycles. The van der Waals surface area contributed by atoms with Crippen LogP contribution in [-0.4, -0.2) is 35.9 Å². The molecule has 1 aliphatic rings. The van der Waals surface area contributed by atoms with Gasteiger partial charge in [-0.3, -0.25) is 0 Å². The van der Waals surface area contributed by atoms with Crippen molar-refractivity contribution in [3.8, 4) is 0 Å². The summed E-state index contributed by atoms with van der Waals surface area (Å²) in [6.07, 6.45) is 7.85. The fraction of sp³-hybridized carbons (Fsp3) is 0.455. The predicted octanol–water partition coefficient (Wildman–Crippen LogP) is 4.91. The molecule has 1 fully saturated rings. The molecule has 0 amide bonds. The topological polar surface area (TPSA) is 23.5 Å². The summed E-state index contributed by atoms with van der Waals surface area (Å²) in [6, 6.07) is 18.5. The number of likely N-dealkylation sites (tertiary alicyclic amines) is 1. The number of rotatable bonds is 7. The molecule has 1 saturated heterocycles. The lowest BCUT2D eigenvalue weighted by molar-refractivity contribution is 0.0638. The van der Waals surface area contributed by atoms with E-state index < -0.39 is 5.60 Å². The van der Waals surface area contributed by atoms with Crippen molar-refractivity contribution >= 4 is 11.8 Å². The third-order valence-corrected chi connectivity index (χ3v) is 6.02. The van der Waals surface area contributed by atoms with Gasteiger partial charge in [-0.1, -0.05) is 48.9 Å². The van der Waals surface area contributed by atoms with Crippen LogP contribution in [0.1, 0.15) is 43.2 Å². The molecule has 1 N–H and O–H groups in total. The fourth-order valence-electron chi connectivity index (χ4n) is 3.78. The van der Waals surface area contributed by atoms with E-state index in [1.165, 1.54) is 37.2 Å².